The highest BCUT2D eigenvalue weighted by atomic mass is 35.5. The molecule has 5 atom stereocenters. The van der Waals surface area contributed by atoms with Crippen molar-refractivity contribution in [1.82, 2.24) is 14.5 Å². The van der Waals surface area contributed by atoms with Gasteiger partial charge in [-0.3, -0.25) is 0 Å². The zero-order valence-electron chi connectivity index (χ0n) is 13.9. The molecule has 1 saturated heterocycles. The molecular formula is C18H18ClN3O4. The molecule has 1 aromatic carbocycles. The quantitative estimate of drug-likeness (QED) is 0.644. The fourth-order valence-corrected chi connectivity index (χ4v) is 3.45. The molecule has 3 aromatic rings. The first-order valence-corrected chi connectivity index (χ1v) is 8.58. The number of hydrogen-bond donors (Lipinski definition) is 3. The van der Waals surface area contributed by atoms with E-state index in [0.29, 0.717) is 16.2 Å². The molecule has 8 heteroatoms. The normalized spacial score (nSPS) is 27.1. The lowest BCUT2D eigenvalue weighted by atomic mass is 9.99. The van der Waals surface area contributed by atoms with Crippen LogP contribution in [0.3, 0.4) is 0 Å². The number of nitrogens with zero attached hydrogens (tertiary/aromatic N) is 3. The van der Waals surface area contributed by atoms with E-state index in [1.165, 1.54) is 6.33 Å². The second kappa shape index (κ2) is 6.61. The van der Waals surface area contributed by atoms with Crippen molar-refractivity contribution in [3.8, 4) is 0 Å². The van der Waals surface area contributed by atoms with Crippen molar-refractivity contribution in [2.75, 3.05) is 0 Å². The number of rotatable bonds is 3. The Hall–Kier alpha value is -2.03. The average Bonchev–Trinajstić information content (AvgIpc) is 3.18. The minimum atomic E-state index is -1.26. The lowest BCUT2D eigenvalue weighted by Crippen LogP contribution is -2.34. The van der Waals surface area contributed by atoms with E-state index < -0.39 is 30.6 Å². The Labute approximate surface area is 154 Å². The molecule has 0 spiro atoms. The van der Waals surface area contributed by atoms with Crippen LogP contribution in [0.1, 0.15) is 23.6 Å². The highest BCUT2D eigenvalue weighted by molar-refractivity contribution is 6.30. The lowest BCUT2D eigenvalue weighted by molar-refractivity contribution is -0.0848. The predicted octanol–water partition coefficient (Wildman–Crippen LogP) is 1.75. The fourth-order valence-electron chi connectivity index (χ4n) is 3.33. The number of aliphatic hydroxyl groups is 3. The van der Waals surface area contributed by atoms with E-state index in [9.17, 15) is 15.3 Å². The van der Waals surface area contributed by atoms with Gasteiger partial charge < -0.3 is 24.6 Å². The lowest BCUT2D eigenvalue weighted by Gasteiger charge is -2.21. The van der Waals surface area contributed by atoms with E-state index in [0.717, 1.165) is 11.1 Å². The Morgan fingerprint density at radius 1 is 1.12 bits per heavy atom. The largest absolute Gasteiger partial charge is 0.387 e. The number of ether oxygens (including phenoxy) is 1. The maximum atomic E-state index is 10.6. The van der Waals surface area contributed by atoms with Gasteiger partial charge in [0.05, 0.1) is 5.69 Å². The van der Waals surface area contributed by atoms with Crippen LogP contribution >= 0.6 is 11.6 Å². The van der Waals surface area contributed by atoms with Crippen molar-refractivity contribution < 1.29 is 20.1 Å². The van der Waals surface area contributed by atoms with Gasteiger partial charge in [0.15, 0.2) is 6.23 Å². The third-order valence-electron chi connectivity index (χ3n) is 4.78. The van der Waals surface area contributed by atoms with Crippen molar-refractivity contribution in [3.05, 3.63) is 59.1 Å². The molecule has 4 rings (SSSR count). The zero-order valence-corrected chi connectivity index (χ0v) is 14.7. The van der Waals surface area contributed by atoms with Gasteiger partial charge >= 0.3 is 0 Å². The maximum absolute atomic E-state index is 10.6. The molecule has 2 aromatic heterocycles. The van der Waals surface area contributed by atoms with Gasteiger partial charge in [0.25, 0.3) is 0 Å². The second-order valence-electron chi connectivity index (χ2n) is 6.39. The van der Waals surface area contributed by atoms with E-state index in [1.54, 1.807) is 35.0 Å². The van der Waals surface area contributed by atoms with Gasteiger partial charge in [0.2, 0.25) is 0 Å². The summed E-state index contributed by atoms with van der Waals surface area (Å²) in [7, 11) is 0. The summed E-state index contributed by atoms with van der Waals surface area (Å²) in [4.78, 5) is 8.39. The van der Waals surface area contributed by atoms with Crippen LogP contribution in [-0.2, 0) is 4.74 Å². The van der Waals surface area contributed by atoms with E-state index in [4.69, 9.17) is 16.3 Å². The van der Waals surface area contributed by atoms with Crippen LogP contribution < -0.4 is 0 Å². The number of hydrogen-bond acceptors (Lipinski definition) is 6. The van der Waals surface area contributed by atoms with Crippen molar-refractivity contribution in [2.45, 2.75) is 37.6 Å². The molecule has 0 radical (unpaired) electrons. The first-order chi connectivity index (χ1) is 12.5. The molecule has 0 saturated carbocycles. The monoisotopic (exact) mass is 375 g/mol. The SMILES string of the molecule is Cc1ncnc2c1ccn2[C@@H]1OC([C@H](O)c2ccc(Cl)cc2)[C@@H](O)[C@H]1O. The first-order valence-electron chi connectivity index (χ1n) is 8.20. The summed E-state index contributed by atoms with van der Waals surface area (Å²) in [6, 6.07) is 8.44. The Bertz CT molecular complexity index is 930. The van der Waals surface area contributed by atoms with Gasteiger partial charge in [-0.25, -0.2) is 9.97 Å². The summed E-state index contributed by atoms with van der Waals surface area (Å²) in [6.45, 7) is 1.86. The van der Waals surface area contributed by atoms with Gasteiger partial charge in [-0.15, -0.1) is 0 Å². The van der Waals surface area contributed by atoms with Crippen LogP contribution in [0, 0.1) is 6.92 Å². The summed E-state index contributed by atoms with van der Waals surface area (Å²) < 4.78 is 7.49. The smallest absolute Gasteiger partial charge is 0.164 e. The molecule has 7 nitrogen and oxygen atoms in total. The van der Waals surface area contributed by atoms with Crippen molar-refractivity contribution in [1.29, 1.82) is 0 Å². The Morgan fingerprint density at radius 2 is 1.85 bits per heavy atom. The highest BCUT2D eigenvalue weighted by Crippen LogP contribution is 2.37. The molecule has 1 aliphatic rings. The van der Waals surface area contributed by atoms with E-state index in [1.807, 2.05) is 13.0 Å². The molecule has 136 valence electrons. The fraction of sp³-hybridized carbons (Fsp3) is 0.333. The molecule has 3 heterocycles. The standard InChI is InChI=1S/C18H18ClN3O4/c1-9-12-6-7-22(17(12)21-8-20-9)18-15(25)14(24)16(26-18)13(23)10-2-4-11(19)5-3-10/h2-8,13-16,18,23-25H,1H3/t13-,14+,15-,16?,18-/m1/s1. The van der Waals surface area contributed by atoms with Gasteiger partial charge in [-0.1, -0.05) is 23.7 Å². The number of fused-ring (bicyclic) bond motifs is 1. The summed E-state index contributed by atoms with van der Waals surface area (Å²) in [5.74, 6) is 0. The van der Waals surface area contributed by atoms with E-state index in [-0.39, 0.29) is 0 Å². The molecule has 26 heavy (non-hydrogen) atoms. The van der Waals surface area contributed by atoms with Gasteiger partial charge in [0, 0.05) is 16.6 Å². The third kappa shape index (κ3) is 2.78. The number of aliphatic hydroxyl groups excluding tert-OH is 3. The van der Waals surface area contributed by atoms with Gasteiger partial charge in [0.1, 0.15) is 36.4 Å². The molecule has 1 unspecified atom stereocenters. The first kappa shape index (κ1) is 17.4. The molecule has 3 N–H and O–H groups in total. The number of aromatic nitrogens is 3. The topological polar surface area (TPSA) is 101 Å². The molecule has 1 fully saturated rings. The summed E-state index contributed by atoms with van der Waals surface area (Å²) >= 11 is 5.87. The molecular weight excluding hydrogens is 358 g/mol. The Kier molecular flexibility index (Phi) is 4.42. The minimum Gasteiger partial charge on any atom is -0.387 e. The zero-order chi connectivity index (χ0) is 18.4. The predicted molar refractivity (Wildman–Crippen MR) is 94.6 cm³/mol. The molecule has 0 amide bonds. The number of aryl methyl sites for hydroxylation is 1. The number of benzene rings is 1. The van der Waals surface area contributed by atoms with Crippen LogP contribution in [0.4, 0.5) is 0 Å². The summed E-state index contributed by atoms with van der Waals surface area (Å²) in [5.41, 5.74) is 1.94. The number of halogens is 1. The maximum Gasteiger partial charge on any atom is 0.164 e. The Morgan fingerprint density at radius 3 is 2.58 bits per heavy atom. The van der Waals surface area contributed by atoms with Crippen LogP contribution in [-0.4, -0.2) is 48.2 Å². The average molecular weight is 376 g/mol. The van der Waals surface area contributed by atoms with E-state index >= 15 is 0 Å². The molecule has 0 bridgehead atoms. The van der Waals surface area contributed by atoms with Crippen molar-refractivity contribution in [2.24, 2.45) is 0 Å². The van der Waals surface area contributed by atoms with Crippen LogP contribution in [0.25, 0.3) is 11.0 Å². The third-order valence-corrected chi connectivity index (χ3v) is 5.03. The van der Waals surface area contributed by atoms with Gasteiger partial charge in [-0.05, 0) is 30.7 Å². The van der Waals surface area contributed by atoms with Crippen LogP contribution in [0.2, 0.25) is 5.02 Å². The summed E-state index contributed by atoms with van der Waals surface area (Å²) in [6.07, 6.45) is -2.28. The molecule has 1 aliphatic heterocycles. The van der Waals surface area contributed by atoms with Crippen molar-refractivity contribution in [3.63, 3.8) is 0 Å². The van der Waals surface area contributed by atoms with Crippen LogP contribution in [0.5, 0.6) is 0 Å². The minimum absolute atomic E-state index is 0.542. The molecule has 0 aliphatic carbocycles. The second-order valence-corrected chi connectivity index (χ2v) is 6.82. The van der Waals surface area contributed by atoms with Crippen molar-refractivity contribution >= 4 is 22.6 Å². The summed E-state index contributed by atoms with van der Waals surface area (Å²) in [5, 5.41) is 32.9. The van der Waals surface area contributed by atoms with E-state index in [2.05, 4.69) is 9.97 Å². The highest BCUT2D eigenvalue weighted by Gasteiger charge is 2.47. The van der Waals surface area contributed by atoms with Crippen LogP contribution in [0.15, 0.2) is 42.9 Å². The Balaban J connectivity index is 1.65. The van der Waals surface area contributed by atoms with Gasteiger partial charge in [-0.2, -0.15) is 0 Å².